The van der Waals surface area contributed by atoms with Crippen molar-refractivity contribution >= 4 is 0 Å². The molecule has 0 bridgehead atoms. The van der Waals surface area contributed by atoms with Crippen LogP contribution >= 0.6 is 0 Å². The second-order valence-electron chi connectivity index (χ2n) is 4.92. The molecule has 0 aliphatic heterocycles. The van der Waals surface area contributed by atoms with Crippen LogP contribution in [-0.2, 0) is 0 Å². The van der Waals surface area contributed by atoms with Crippen LogP contribution in [0.2, 0.25) is 0 Å². The van der Waals surface area contributed by atoms with Gasteiger partial charge in [0.25, 0.3) is 0 Å². The van der Waals surface area contributed by atoms with E-state index in [2.05, 4.69) is 26.1 Å². The summed E-state index contributed by atoms with van der Waals surface area (Å²) in [6.45, 7) is 6.90. The lowest BCUT2D eigenvalue weighted by molar-refractivity contribution is 0.231. The zero-order valence-electron chi connectivity index (χ0n) is 10.2. The second-order valence-corrected chi connectivity index (χ2v) is 4.92. The Balaban J connectivity index is 2.37. The van der Waals surface area contributed by atoms with Gasteiger partial charge in [0, 0.05) is 12.1 Å². The molecular weight excluding hydrogens is 170 g/mol. The quantitative estimate of drug-likeness (QED) is 0.708. The van der Waals surface area contributed by atoms with E-state index >= 15 is 0 Å². The van der Waals surface area contributed by atoms with Crippen molar-refractivity contribution in [1.29, 1.82) is 0 Å². The lowest BCUT2D eigenvalue weighted by Gasteiger charge is -2.34. The monoisotopic (exact) mass is 197 g/mol. The van der Waals surface area contributed by atoms with Crippen molar-refractivity contribution in [2.45, 2.75) is 77.8 Å². The van der Waals surface area contributed by atoms with Crippen LogP contribution in [0.3, 0.4) is 0 Å². The molecule has 3 unspecified atom stereocenters. The van der Waals surface area contributed by atoms with Gasteiger partial charge in [0.2, 0.25) is 0 Å². The molecule has 0 aromatic rings. The summed E-state index contributed by atoms with van der Waals surface area (Å²) in [5.74, 6) is 0.961. The van der Waals surface area contributed by atoms with Crippen LogP contribution in [-0.4, -0.2) is 12.1 Å². The lowest BCUT2D eigenvalue weighted by atomic mass is 9.81. The zero-order chi connectivity index (χ0) is 10.4. The van der Waals surface area contributed by atoms with Crippen molar-refractivity contribution in [2.24, 2.45) is 5.92 Å². The first-order chi connectivity index (χ1) is 6.77. The van der Waals surface area contributed by atoms with E-state index < -0.39 is 0 Å². The Morgan fingerprint density at radius 1 is 1.21 bits per heavy atom. The van der Waals surface area contributed by atoms with E-state index in [1.807, 2.05) is 0 Å². The fraction of sp³-hybridized carbons (Fsp3) is 1.00. The van der Waals surface area contributed by atoms with Gasteiger partial charge in [-0.1, -0.05) is 33.1 Å². The van der Waals surface area contributed by atoms with Crippen LogP contribution in [0.1, 0.15) is 65.7 Å². The minimum atomic E-state index is 0.706. The maximum atomic E-state index is 3.80. The van der Waals surface area contributed by atoms with Crippen molar-refractivity contribution < 1.29 is 0 Å². The van der Waals surface area contributed by atoms with Gasteiger partial charge in [0.1, 0.15) is 0 Å². The Labute approximate surface area is 89.7 Å². The van der Waals surface area contributed by atoms with Gasteiger partial charge in [-0.15, -0.1) is 0 Å². The van der Waals surface area contributed by atoms with E-state index in [9.17, 15) is 0 Å². The molecule has 0 radical (unpaired) electrons. The average molecular weight is 197 g/mol. The molecule has 14 heavy (non-hydrogen) atoms. The van der Waals surface area contributed by atoms with Gasteiger partial charge in [0.05, 0.1) is 0 Å². The van der Waals surface area contributed by atoms with Gasteiger partial charge in [0.15, 0.2) is 0 Å². The SMILES string of the molecule is CCCC1CCCCC1NC(C)CC. The predicted octanol–water partition coefficient (Wildman–Crippen LogP) is 3.73. The Morgan fingerprint density at radius 3 is 2.57 bits per heavy atom. The molecule has 0 spiro atoms. The van der Waals surface area contributed by atoms with Crippen LogP contribution in [0, 0.1) is 5.92 Å². The van der Waals surface area contributed by atoms with E-state index in [1.54, 1.807) is 0 Å². The fourth-order valence-corrected chi connectivity index (χ4v) is 2.63. The summed E-state index contributed by atoms with van der Waals surface area (Å²) in [4.78, 5) is 0. The molecule has 1 aliphatic carbocycles. The van der Waals surface area contributed by atoms with Crippen LogP contribution in [0.4, 0.5) is 0 Å². The topological polar surface area (TPSA) is 12.0 Å². The molecule has 0 aromatic heterocycles. The number of hydrogen-bond donors (Lipinski definition) is 1. The lowest BCUT2D eigenvalue weighted by Crippen LogP contribution is -2.43. The Hall–Kier alpha value is -0.0400. The van der Waals surface area contributed by atoms with Crippen molar-refractivity contribution in [1.82, 2.24) is 5.32 Å². The Morgan fingerprint density at radius 2 is 1.93 bits per heavy atom. The highest BCUT2D eigenvalue weighted by atomic mass is 14.9. The third-order valence-electron chi connectivity index (χ3n) is 3.68. The molecule has 0 heterocycles. The number of hydrogen-bond acceptors (Lipinski definition) is 1. The third-order valence-corrected chi connectivity index (χ3v) is 3.68. The molecular formula is C13H27N. The molecule has 1 fully saturated rings. The van der Waals surface area contributed by atoms with Gasteiger partial charge < -0.3 is 5.32 Å². The van der Waals surface area contributed by atoms with E-state index in [1.165, 1.54) is 44.9 Å². The molecule has 0 aromatic carbocycles. The summed E-state index contributed by atoms with van der Waals surface area (Å²) in [5, 5.41) is 3.80. The minimum Gasteiger partial charge on any atom is -0.311 e. The molecule has 0 amide bonds. The average Bonchev–Trinajstić information content (AvgIpc) is 2.21. The van der Waals surface area contributed by atoms with Crippen LogP contribution in [0.15, 0.2) is 0 Å². The molecule has 1 N–H and O–H groups in total. The highest BCUT2D eigenvalue weighted by Crippen LogP contribution is 2.28. The third kappa shape index (κ3) is 3.61. The summed E-state index contributed by atoms with van der Waals surface area (Å²) in [6.07, 6.45) is 9.81. The molecule has 84 valence electrons. The molecule has 1 aliphatic rings. The first kappa shape index (κ1) is 12.0. The molecule has 1 rings (SSSR count). The van der Waals surface area contributed by atoms with Gasteiger partial charge in [-0.2, -0.15) is 0 Å². The van der Waals surface area contributed by atoms with Gasteiger partial charge in [-0.3, -0.25) is 0 Å². The van der Waals surface area contributed by atoms with E-state index in [-0.39, 0.29) is 0 Å². The van der Waals surface area contributed by atoms with Crippen molar-refractivity contribution in [3.8, 4) is 0 Å². The van der Waals surface area contributed by atoms with E-state index in [4.69, 9.17) is 0 Å². The predicted molar refractivity (Wildman–Crippen MR) is 63.5 cm³/mol. The first-order valence-electron chi connectivity index (χ1n) is 6.54. The summed E-state index contributed by atoms with van der Waals surface area (Å²) in [6, 6.07) is 1.52. The van der Waals surface area contributed by atoms with Gasteiger partial charge in [-0.05, 0) is 38.5 Å². The first-order valence-corrected chi connectivity index (χ1v) is 6.54. The summed E-state index contributed by atoms with van der Waals surface area (Å²) in [7, 11) is 0. The summed E-state index contributed by atoms with van der Waals surface area (Å²) < 4.78 is 0. The van der Waals surface area contributed by atoms with Crippen LogP contribution in [0.25, 0.3) is 0 Å². The van der Waals surface area contributed by atoms with Gasteiger partial charge in [-0.25, -0.2) is 0 Å². The number of rotatable bonds is 5. The van der Waals surface area contributed by atoms with Crippen LogP contribution in [0.5, 0.6) is 0 Å². The van der Waals surface area contributed by atoms with Crippen molar-refractivity contribution in [2.75, 3.05) is 0 Å². The smallest absolute Gasteiger partial charge is 0.00977 e. The van der Waals surface area contributed by atoms with E-state index in [0.717, 1.165) is 12.0 Å². The summed E-state index contributed by atoms with van der Waals surface area (Å²) in [5.41, 5.74) is 0. The highest BCUT2D eigenvalue weighted by molar-refractivity contribution is 4.82. The standard InChI is InChI=1S/C13H27N/c1-4-8-12-9-6-7-10-13(12)14-11(3)5-2/h11-14H,4-10H2,1-3H3. The minimum absolute atomic E-state index is 0.706. The van der Waals surface area contributed by atoms with Crippen LogP contribution < -0.4 is 5.32 Å². The molecule has 1 nitrogen and oxygen atoms in total. The molecule has 1 heteroatoms. The Bertz CT molecular complexity index is 142. The zero-order valence-corrected chi connectivity index (χ0v) is 10.2. The fourth-order valence-electron chi connectivity index (χ4n) is 2.63. The van der Waals surface area contributed by atoms with Crippen molar-refractivity contribution in [3.05, 3.63) is 0 Å². The molecule has 3 atom stereocenters. The molecule has 0 saturated heterocycles. The van der Waals surface area contributed by atoms with Crippen molar-refractivity contribution in [3.63, 3.8) is 0 Å². The normalized spacial score (nSPS) is 30.2. The highest BCUT2D eigenvalue weighted by Gasteiger charge is 2.24. The maximum Gasteiger partial charge on any atom is 0.00977 e. The Kier molecular flexibility index (Phi) is 5.54. The largest absolute Gasteiger partial charge is 0.311 e. The molecule has 1 saturated carbocycles. The second kappa shape index (κ2) is 6.44. The maximum absolute atomic E-state index is 3.80. The van der Waals surface area contributed by atoms with E-state index in [0.29, 0.717) is 6.04 Å². The number of nitrogens with one attached hydrogen (secondary N) is 1. The summed E-state index contributed by atoms with van der Waals surface area (Å²) >= 11 is 0. The van der Waals surface area contributed by atoms with Gasteiger partial charge >= 0.3 is 0 Å².